The van der Waals surface area contributed by atoms with Gasteiger partial charge in [-0.05, 0) is 60.5 Å². The summed E-state index contributed by atoms with van der Waals surface area (Å²) in [5.41, 5.74) is 1.31. The fraction of sp³-hybridized carbons (Fsp3) is 0.533. The Hall–Kier alpha value is -1.95. The third kappa shape index (κ3) is 3.39. The number of hydrogen-bond acceptors (Lipinski definition) is 5. The zero-order valence-electron chi connectivity index (χ0n) is 12.3. The van der Waals surface area contributed by atoms with E-state index in [0.29, 0.717) is 12.6 Å². The molecule has 3 rings (SSSR count). The molecule has 112 valence electrons. The molecule has 0 radical (unpaired) electrons. The molecule has 0 unspecified atom stereocenters. The predicted molar refractivity (Wildman–Crippen MR) is 79.1 cm³/mol. The van der Waals surface area contributed by atoms with Gasteiger partial charge in [0.25, 0.3) is 0 Å². The van der Waals surface area contributed by atoms with Crippen molar-refractivity contribution < 1.29 is 4.74 Å². The molecule has 1 aliphatic heterocycles. The fourth-order valence-corrected chi connectivity index (χ4v) is 2.61. The number of piperidine rings is 1. The predicted octanol–water partition coefficient (Wildman–Crippen LogP) is 1.74. The van der Waals surface area contributed by atoms with E-state index in [4.69, 9.17) is 4.74 Å². The standard InChI is InChI=1S/C15H21N5O/c1-2-12-3-5-14(6-4-12)21-11-15-17-18-19-20(15)13-7-9-16-10-8-13/h3-6,13,16H,2,7-11H2,1H3. The molecular formula is C15H21N5O. The largest absolute Gasteiger partial charge is 0.486 e. The first-order chi connectivity index (χ1) is 10.4. The molecule has 2 heterocycles. The number of rotatable bonds is 5. The second kappa shape index (κ2) is 6.67. The number of nitrogens with one attached hydrogen (secondary N) is 1. The van der Waals surface area contributed by atoms with Crippen LogP contribution in [0.15, 0.2) is 24.3 Å². The average molecular weight is 287 g/mol. The molecule has 1 aromatic heterocycles. The highest BCUT2D eigenvalue weighted by Gasteiger charge is 2.19. The van der Waals surface area contributed by atoms with Crippen molar-refractivity contribution in [2.24, 2.45) is 0 Å². The maximum atomic E-state index is 5.80. The van der Waals surface area contributed by atoms with Gasteiger partial charge >= 0.3 is 0 Å². The molecule has 0 spiro atoms. The molecule has 21 heavy (non-hydrogen) atoms. The van der Waals surface area contributed by atoms with Gasteiger partial charge in [0.05, 0.1) is 6.04 Å². The van der Waals surface area contributed by atoms with Crippen LogP contribution in [-0.4, -0.2) is 33.3 Å². The van der Waals surface area contributed by atoms with Gasteiger partial charge in [0.2, 0.25) is 0 Å². The van der Waals surface area contributed by atoms with E-state index in [-0.39, 0.29) is 0 Å². The van der Waals surface area contributed by atoms with Crippen molar-refractivity contribution in [3.05, 3.63) is 35.7 Å². The monoisotopic (exact) mass is 287 g/mol. The molecule has 1 saturated heterocycles. The fourth-order valence-electron chi connectivity index (χ4n) is 2.61. The Morgan fingerprint density at radius 2 is 2.00 bits per heavy atom. The molecule has 2 aromatic rings. The summed E-state index contributed by atoms with van der Waals surface area (Å²) < 4.78 is 7.72. The number of ether oxygens (including phenoxy) is 1. The van der Waals surface area contributed by atoms with Crippen LogP contribution in [0.2, 0.25) is 0 Å². The maximum Gasteiger partial charge on any atom is 0.189 e. The minimum atomic E-state index is 0.377. The summed E-state index contributed by atoms with van der Waals surface area (Å²) in [5, 5.41) is 15.4. The Kier molecular flexibility index (Phi) is 4.45. The van der Waals surface area contributed by atoms with Crippen molar-refractivity contribution >= 4 is 0 Å². The molecule has 0 amide bonds. The quantitative estimate of drug-likeness (QED) is 0.907. The minimum absolute atomic E-state index is 0.377. The highest BCUT2D eigenvalue weighted by molar-refractivity contribution is 5.27. The molecule has 6 nitrogen and oxygen atoms in total. The molecule has 0 atom stereocenters. The maximum absolute atomic E-state index is 5.80. The van der Waals surface area contributed by atoms with Gasteiger partial charge in [-0.3, -0.25) is 0 Å². The van der Waals surface area contributed by atoms with Gasteiger partial charge in [0.15, 0.2) is 5.82 Å². The van der Waals surface area contributed by atoms with Crippen molar-refractivity contribution in [2.75, 3.05) is 13.1 Å². The second-order valence-electron chi connectivity index (χ2n) is 5.31. The third-order valence-corrected chi connectivity index (χ3v) is 3.92. The normalized spacial score (nSPS) is 16.0. The zero-order valence-corrected chi connectivity index (χ0v) is 12.3. The minimum Gasteiger partial charge on any atom is -0.486 e. The van der Waals surface area contributed by atoms with Crippen LogP contribution in [0, 0.1) is 0 Å². The molecule has 6 heteroatoms. The third-order valence-electron chi connectivity index (χ3n) is 3.92. The average Bonchev–Trinajstić information content (AvgIpc) is 3.03. The molecule has 1 fully saturated rings. The second-order valence-corrected chi connectivity index (χ2v) is 5.31. The number of aryl methyl sites for hydroxylation is 1. The van der Waals surface area contributed by atoms with E-state index in [9.17, 15) is 0 Å². The van der Waals surface area contributed by atoms with Crippen molar-refractivity contribution in [1.82, 2.24) is 25.5 Å². The Labute approximate surface area is 124 Å². The molecule has 0 saturated carbocycles. The Balaban J connectivity index is 1.63. The van der Waals surface area contributed by atoms with E-state index >= 15 is 0 Å². The number of nitrogens with zero attached hydrogens (tertiary/aromatic N) is 4. The van der Waals surface area contributed by atoms with E-state index in [1.54, 1.807) is 0 Å². The Morgan fingerprint density at radius 1 is 1.24 bits per heavy atom. The summed E-state index contributed by atoms with van der Waals surface area (Å²) in [6.07, 6.45) is 3.15. The first-order valence-electron chi connectivity index (χ1n) is 7.56. The summed E-state index contributed by atoms with van der Waals surface area (Å²) >= 11 is 0. The van der Waals surface area contributed by atoms with Crippen LogP contribution >= 0.6 is 0 Å². The van der Waals surface area contributed by atoms with Gasteiger partial charge in [-0.25, -0.2) is 4.68 Å². The molecule has 1 N–H and O–H groups in total. The lowest BCUT2D eigenvalue weighted by atomic mass is 10.1. The smallest absolute Gasteiger partial charge is 0.189 e. The first-order valence-corrected chi connectivity index (χ1v) is 7.56. The van der Waals surface area contributed by atoms with Gasteiger partial charge < -0.3 is 10.1 Å². The van der Waals surface area contributed by atoms with E-state index in [1.165, 1.54) is 5.56 Å². The van der Waals surface area contributed by atoms with Crippen LogP contribution in [0.25, 0.3) is 0 Å². The van der Waals surface area contributed by atoms with Crippen LogP contribution in [0.5, 0.6) is 5.75 Å². The number of aromatic nitrogens is 4. The van der Waals surface area contributed by atoms with Crippen LogP contribution in [0.3, 0.4) is 0 Å². The zero-order chi connectivity index (χ0) is 14.5. The summed E-state index contributed by atoms with van der Waals surface area (Å²) in [5.74, 6) is 1.65. The summed E-state index contributed by atoms with van der Waals surface area (Å²) in [6, 6.07) is 8.55. The van der Waals surface area contributed by atoms with Gasteiger partial charge in [-0.2, -0.15) is 0 Å². The van der Waals surface area contributed by atoms with Crippen LogP contribution in [0.1, 0.15) is 37.2 Å². The SMILES string of the molecule is CCc1ccc(OCc2nnnn2C2CCNCC2)cc1. The van der Waals surface area contributed by atoms with Gasteiger partial charge in [0.1, 0.15) is 12.4 Å². The lowest BCUT2D eigenvalue weighted by Gasteiger charge is -2.23. The molecule has 0 aliphatic carbocycles. The number of benzene rings is 1. The summed E-state index contributed by atoms with van der Waals surface area (Å²) in [4.78, 5) is 0. The van der Waals surface area contributed by atoms with Crippen LogP contribution in [0.4, 0.5) is 0 Å². The summed E-state index contributed by atoms with van der Waals surface area (Å²) in [6.45, 7) is 4.58. The number of hydrogen-bond donors (Lipinski definition) is 1. The van der Waals surface area contributed by atoms with Crippen molar-refractivity contribution in [3.8, 4) is 5.75 Å². The van der Waals surface area contributed by atoms with E-state index in [0.717, 1.165) is 43.9 Å². The van der Waals surface area contributed by atoms with Gasteiger partial charge in [-0.1, -0.05) is 19.1 Å². The molecule has 0 bridgehead atoms. The topological polar surface area (TPSA) is 64.9 Å². The van der Waals surface area contributed by atoms with Crippen molar-refractivity contribution in [3.63, 3.8) is 0 Å². The number of tetrazole rings is 1. The summed E-state index contributed by atoms with van der Waals surface area (Å²) in [7, 11) is 0. The molecular weight excluding hydrogens is 266 g/mol. The van der Waals surface area contributed by atoms with Crippen LogP contribution in [-0.2, 0) is 13.0 Å². The van der Waals surface area contributed by atoms with E-state index in [2.05, 4.69) is 39.9 Å². The van der Waals surface area contributed by atoms with Crippen LogP contribution < -0.4 is 10.1 Å². The molecule has 1 aliphatic rings. The van der Waals surface area contributed by atoms with Crippen molar-refractivity contribution in [2.45, 2.75) is 38.8 Å². The lowest BCUT2D eigenvalue weighted by molar-refractivity contribution is 0.264. The molecule has 1 aromatic carbocycles. The lowest BCUT2D eigenvalue weighted by Crippen LogP contribution is -2.30. The highest BCUT2D eigenvalue weighted by Crippen LogP contribution is 2.19. The highest BCUT2D eigenvalue weighted by atomic mass is 16.5. The Bertz CT molecular complexity index is 560. The Morgan fingerprint density at radius 3 is 2.71 bits per heavy atom. The first kappa shape index (κ1) is 14.0. The van der Waals surface area contributed by atoms with E-state index in [1.807, 2.05) is 16.8 Å². The van der Waals surface area contributed by atoms with Gasteiger partial charge in [0, 0.05) is 0 Å². The van der Waals surface area contributed by atoms with Gasteiger partial charge in [-0.15, -0.1) is 5.10 Å². The van der Waals surface area contributed by atoms with E-state index < -0.39 is 0 Å². The van der Waals surface area contributed by atoms with Crippen molar-refractivity contribution in [1.29, 1.82) is 0 Å².